The first kappa shape index (κ1) is 33.5. The molecule has 0 bridgehead atoms. The van der Waals surface area contributed by atoms with Gasteiger partial charge in [-0.25, -0.2) is 14.8 Å². The summed E-state index contributed by atoms with van der Waals surface area (Å²) >= 11 is 13.3. The maximum Gasteiger partial charge on any atom is 0.407 e. The van der Waals surface area contributed by atoms with E-state index in [1.54, 1.807) is 11.8 Å². The summed E-state index contributed by atoms with van der Waals surface area (Å²) in [6, 6.07) is 14.9. The van der Waals surface area contributed by atoms with Crippen molar-refractivity contribution in [2.45, 2.75) is 77.0 Å². The standard InChI is InChI=1S/C35H39Cl2N7O4/c1-5-27(45)43-18-6-7-25(43)32-39-28(30(36)41-32)23-13-9-21(10-14-23)22-11-15-24(16-12-22)29-31(37)42-33(40-29)26-17-8-19(2)44(26)34(46)20(3)38-35(47)48-4/h9-16,19-20,25-26H,5-8,17-18H2,1-4H3,(H,38,47)(H,39,41)(H,40,42)/t19-,20-,25-,26-/m0/s1. The third-order valence-electron chi connectivity index (χ3n) is 9.33. The van der Waals surface area contributed by atoms with Crippen LogP contribution in [0.3, 0.4) is 0 Å². The van der Waals surface area contributed by atoms with E-state index in [0.717, 1.165) is 60.3 Å². The van der Waals surface area contributed by atoms with E-state index in [9.17, 15) is 14.4 Å². The summed E-state index contributed by atoms with van der Waals surface area (Å²) in [6.45, 7) is 6.24. The highest BCUT2D eigenvalue weighted by Gasteiger charge is 2.39. The molecule has 11 nitrogen and oxygen atoms in total. The lowest BCUT2D eigenvalue weighted by atomic mass is 10.0. The summed E-state index contributed by atoms with van der Waals surface area (Å²) < 4.78 is 4.66. The third-order valence-corrected chi connectivity index (χ3v) is 9.87. The fourth-order valence-corrected chi connectivity index (χ4v) is 7.27. The van der Waals surface area contributed by atoms with Crippen LogP contribution in [0.1, 0.15) is 76.6 Å². The zero-order valence-corrected chi connectivity index (χ0v) is 28.9. The van der Waals surface area contributed by atoms with Crippen LogP contribution in [0, 0.1) is 0 Å². The lowest BCUT2D eigenvalue weighted by molar-refractivity contribution is -0.136. The van der Waals surface area contributed by atoms with Crippen LogP contribution in [-0.2, 0) is 14.3 Å². The average Bonchev–Trinajstić information content (AvgIpc) is 3.90. The second-order valence-electron chi connectivity index (χ2n) is 12.4. The largest absolute Gasteiger partial charge is 0.453 e. The number of hydrogen-bond donors (Lipinski definition) is 3. The molecule has 3 amide bonds. The predicted molar refractivity (Wildman–Crippen MR) is 184 cm³/mol. The van der Waals surface area contributed by atoms with Gasteiger partial charge in [-0.1, -0.05) is 78.7 Å². The van der Waals surface area contributed by atoms with Gasteiger partial charge in [-0.15, -0.1) is 0 Å². The zero-order valence-electron chi connectivity index (χ0n) is 27.3. The van der Waals surface area contributed by atoms with Gasteiger partial charge in [0.05, 0.1) is 19.2 Å². The Hall–Kier alpha value is -4.35. The summed E-state index contributed by atoms with van der Waals surface area (Å²) in [5.74, 6) is 1.25. The van der Waals surface area contributed by atoms with Crippen molar-refractivity contribution in [3.63, 3.8) is 0 Å². The number of H-pyrrole nitrogens is 2. The number of aromatic amines is 2. The quantitative estimate of drug-likeness (QED) is 0.177. The lowest BCUT2D eigenvalue weighted by Gasteiger charge is -2.30. The zero-order chi connectivity index (χ0) is 34.1. The maximum atomic E-state index is 13.3. The summed E-state index contributed by atoms with van der Waals surface area (Å²) in [4.78, 5) is 57.1. The number of amides is 3. The maximum absolute atomic E-state index is 13.3. The number of carbonyl (C=O) groups is 3. The summed E-state index contributed by atoms with van der Waals surface area (Å²) in [5, 5.41) is 3.41. The average molecular weight is 693 g/mol. The van der Waals surface area contributed by atoms with E-state index in [1.165, 1.54) is 7.11 Å². The Bertz CT molecular complexity index is 1800. The molecule has 0 spiro atoms. The van der Waals surface area contributed by atoms with Gasteiger partial charge < -0.3 is 29.8 Å². The number of ether oxygens (including phenoxy) is 1. The Morgan fingerprint density at radius 1 is 0.875 bits per heavy atom. The van der Waals surface area contributed by atoms with Crippen molar-refractivity contribution in [1.29, 1.82) is 0 Å². The number of halogens is 2. The molecule has 2 aromatic carbocycles. The fraction of sp³-hybridized carbons (Fsp3) is 0.400. The normalized spacial score (nSPS) is 19.8. The molecule has 2 saturated heterocycles. The van der Waals surface area contributed by atoms with Crippen molar-refractivity contribution in [2.75, 3.05) is 13.7 Å². The highest BCUT2D eigenvalue weighted by Crippen LogP contribution is 2.39. The van der Waals surface area contributed by atoms with Crippen molar-refractivity contribution >= 4 is 41.1 Å². The molecule has 48 heavy (non-hydrogen) atoms. The molecule has 4 heterocycles. The second-order valence-corrected chi connectivity index (χ2v) is 13.1. The van der Waals surface area contributed by atoms with Gasteiger partial charge in [0.1, 0.15) is 39.4 Å². The predicted octanol–water partition coefficient (Wildman–Crippen LogP) is 7.31. The van der Waals surface area contributed by atoms with E-state index in [2.05, 4.69) is 20.0 Å². The smallest absolute Gasteiger partial charge is 0.407 e. The molecule has 4 aromatic rings. The van der Waals surface area contributed by atoms with Crippen LogP contribution >= 0.6 is 23.2 Å². The summed E-state index contributed by atoms with van der Waals surface area (Å²) in [6.07, 6.45) is 3.14. The molecular weight excluding hydrogens is 653 g/mol. The first-order valence-electron chi connectivity index (χ1n) is 16.3. The van der Waals surface area contributed by atoms with Gasteiger partial charge in [-0.3, -0.25) is 9.59 Å². The third kappa shape index (κ3) is 6.53. The molecule has 4 atom stereocenters. The molecule has 6 rings (SSSR count). The van der Waals surface area contributed by atoms with E-state index in [4.69, 9.17) is 33.2 Å². The number of aromatic nitrogens is 4. The van der Waals surface area contributed by atoms with E-state index in [-0.39, 0.29) is 29.9 Å². The minimum atomic E-state index is -0.749. The molecule has 0 aliphatic carbocycles. The van der Waals surface area contributed by atoms with Crippen LogP contribution in [0.5, 0.6) is 0 Å². The Balaban J connectivity index is 1.17. The van der Waals surface area contributed by atoms with Gasteiger partial charge in [-0.05, 0) is 50.7 Å². The fourth-order valence-electron chi connectivity index (χ4n) is 6.77. The number of imidazole rings is 2. The number of nitrogens with one attached hydrogen (secondary N) is 3. The first-order valence-corrected chi connectivity index (χ1v) is 17.0. The monoisotopic (exact) mass is 691 g/mol. The Labute approximate surface area is 289 Å². The van der Waals surface area contributed by atoms with E-state index < -0.39 is 12.1 Å². The summed E-state index contributed by atoms with van der Waals surface area (Å²) in [5.41, 5.74) is 5.02. The SMILES string of the molecule is CCC(=O)N1CCC[C@H]1c1nc(-c2ccc(-c3ccc(-c4nc([C@@H]5CC[C@H](C)N5C(=O)[C@H](C)NC(=O)OC)[nH]c4Cl)cc3)cc2)c(Cl)[nH]1. The molecule has 3 N–H and O–H groups in total. The van der Waals surface area contributed by atoms with Crippen molar-refractivity contribution < 1.29 is 19.1 Å². The number of methoxy groups -OCH3 is 1. The Morgan fingerprint density at radius 3 is 1.92 bits per heavy atom. The van der Waals surface area contributed by atoms with Gasteiger partial charge in [-0.2, -0.15) is 0 Å². The van der Waals surface area contributed by atoms with Crippen molar-refractivity contribution in [2.24, 2.45) is 0 Å². The van der Waals surface area contributed by atoms with Crippen molar-refractivity contribution in [3.8, 4) is 33.6 Å². The number of carbonyl (C=O) groups excluding carboxylic acids is 3. The number of benzene rings is 2. The van der Waals surface area contributed by atoms with Crippen LogP contribution < -0.4 is 5.32 Å². The molecule has 2 aliphatic heterocycles. The van der Waals surface area contributed by atoms with Gasteiger partial charge in [0, 0.05) is 30.1 Å². The lowest BCUT2D eigenvalue weighted by Crippen LogP contribution is -2.48. The molecule has 0 saturated carbocycles. The van der Waals surface area contributed by atoms with E-state index in [1.807, 2.05) is 67.3 Å². The number of alkyl carbamates (subject to hydrolysis) is 1. The molecule has 0 radical (unpaired) electrons. The first-order chi connectivity index (χ1) is 23.1. The minimum Gasteiger partial charge on any atom is -0.453 e. The molecule has 13 heteroatoms. The molecule has 0 unspecified atom stereocenters. The molecule has 2 fully saturated rings. The van der Waals surface area contributed by atoms with E-state index >= 15 is 0 Å². The van der Waals surface area contributed by atoms with Crippen molar-refractivity contribution in [1.82, 2.24) is 35.1 Å². The summed E-state index contributed by atoms with van der Waals surface area (Å²) in [7, 11) is 1.26. The van der Waals surface area contributed by atoms with Gasteiger partial charge in [0.2, 0.25) is 11.8 Å². The molecule has 252 valence electrons. The minimum absolute atomic E-state index is 0.0253. The van der Waals surface area contributed by atoms with Gasteiger partial charge in [0.25, 0.3) is 0 Å². The van der Waals surface area contributed by atoms with Gasteiger partial charge >= 0.3 is 6.09 Å². The highest BCUT2D eigenvalue weighted by molar-refractivity contribution is 6.32. The number of hydrogen-bond acceptors (Lipinski definition) is 6. The van der Waals surface area contributed by atoms with Crippen LogP contribution in [0.2, 0.25) is 10.3 Å². The topological polar surface area (TPSA) is 136 Å². The van der Waals surface area contributed by atoms with Crippen LogP contribution in [0.4, 0.5) is 4.79 Å². The number of nitrogens with zero attached hydrogens (tertiary/aromatic N) is 4. The number of likely N-dealkylation sites (tertiary alicyclic amines) is 2. The molecule has 2 aliphatic rings. The highest BCUT2D eigenvalue weighted by atomic mass is 35.5. The van der Waals surface area contributed by atoms with Crippen LogP contribution in [0.15, 0.2) is 48.5 Å². The molecule has 2 aromatic heterocycles. The second kappa shape index (κ2) is 14.0. The van der Waals surface area contributed by atoms with E-state index in [0.29, 0.717) is 33.9 Å². The molecular formula is C35H39Cl2N7O4. The number of rotatable bonds is 8. The van der Waals surface area contributed by atoms with Crippen LogP contribution in [0.25, 0.3) is 33.6 Å². The van der Waals surface area contributed by atoms with Gasteiger partial charge in [0.15, 0.2) is 0 Å². The Kier molecular flexibility index (Phi) is 9.80. The van der Waals surface area contributed by atoms with Crippen LogP contribution in [-0.4, -0.2) is 73.4 Å². The van der Waals surface area contributed by atoms with Crippen molar-refractivity contribution in [3.05, 3.63) is 70.5 Å². The Morgan fingerprint density at radius 2 is 1.40 bits per heavy atom.